The van der Waals surface area contributed by atoms with Gasteiger partial charge in [-0.2, -0.15) is 0 Å². The molecule has 2 aliphatic heterocycles. The Labute approximate surface area is 205 Å². The third-order valence-corrected chi connectivity index (χ3v) is 7.47. The molecule has 0 bridgehead atoms. The Morgan fingerprint density at radius 1 is 0.727 bits per heavy atom. The van der Waals surface area contributed by atoms with E-state index < -0.39 is 0 Å². The number of hydrogen-bond donors (Lipinski definition) is 0. The van der Waals surface area contributed by atoms with Crippen molar-refractivity contribution in [2.75, 3.05) is 42.5 Å². The highest BCUT2D eigenvalue weighted by Crippen LogP contribution is 2.36. The Bertz CT molecular complexity index is 1110. The predicted molar refractivity (Wildman–Crippen MR) is 137 cm³/mol. The van der Waals surface area contributed by atoms with E-state index in [9.17, 15) is 4.79 Å². The van der Waals surface area contributed by atoms with Gasteiger partial charge in [-0.15, -0.1) is 0 Å². The number of anilines is 3. The summed E-state index contributed by atoms with van der Waals surface area (Å²) in [5, 5.41) is 1.20. The van der Waals surface area contributed by atoms with Crippen LogP contribution in [0.15, 0.2) is 66.7 Å². The molecule has 2 heterocycles. The van der Waals surface area contributed by atoms with Gasteiger partial charge in [-0.1, -0.05) is 65.7 Å². The van der Waals surface area contributed by atoms with E-state index in [1.165, 1.54) is 11.1 Å². The van der Waals surface area contributed by atoms with Crippen molar-refractivity contribution in [1.29, 1.82) is 0 Å². The van der Waals surface area contributed by atoms with Gasteiger partial charge in [0, 0.05) is 39.1 Å². The summed E-state index contributed by atoms with van der Waals surface area (Å²) in [7, 11) is 0. The molecular weight excluding hydrogens is 453 g/mol. The van der Waals surface area contributed by atoms with Crippen LogP contribution in [0, 0.1) is 0 Å². The third-order valence-electron chi connectivity index (χ3n) is 6.66. The zero-order valence-electron chi connectivity index (χ0n) is 18.5. The molecule has 3 aromatic rings. The zero-order valence-corrected chi connectivity index (χ0v) is 20.0. The van der Waals surface area contributed by atoms with Gasteiger partial charge in [-0.25, -0.2) is 0 Å². The molecule has 4 nitrogen and oxygen atoms in total. The molecule has 0 N–H and O–H groups in total. The van der Waals surface area contributed by atoms with Gasteiger partial charge in [0.2, 0.25) is 5.91 Å². The fraction of sp³-hybridized carbons (Fsp3) is 0.296. The predicted octanol–water partition coefficient (Wildman–Crippen LogP) is 5.97. The van der Waals surface area contributed by atoms with E-state index in [1.54, 1.807) is 0 Å². The molecule has 6 heteroatoms. The van der Waals surface area contributed by atoms with Gasteiger partial charge >= 0.3 is 0 Å². The first-order chi connectivity index (χ1) is 16.1. The van der Waals surface area contributed by atoms with Crippen LogP contribution in [0.2, 0.25) is 10.0 Å². The number of piperazine rings is 1. The number of para-hydroxylation sites is 2. The summed E-state index contributed by atoms with van der Waals surface area (Å²) in [5.74, 6) is 0.150. The van der Waals surface area contributed by atoms with Crippen molar-refractivity contribution in [3.05, 3.63) is 87.9 Å². The lowest BCUT2D eigenvalue weighted by Crippen LogP contribution is -2.47. The molecule has 0 radical (unpaired) electrons. The number of benzene rings is 3. The number of hydrogen-bond acceptors (Lipinski definition) is 3. The third kappa shape index (κ3) is 4.61. The van der Waals surface area contributed by atoms with Crippen molar-refractivity contribution in [3.63, 3.8) is 0 Å². The minimum Gasteiger partial charge on any atom is -0.368 e. The molecule has 1 saturated heterocycles. The van der Waals surface area contributed by atoms with Crippen molar-refractivity contribution >= 4 is 46.2 Å². The minimum absolute atomic E-state index is 0.150. The van der Waals surface area contributed by atoms with Gasteiger partial charge in [0.05, 0.1) is 27.1 Å². The highest BCUT2D eigenvalue weighted by molar-refractivity contribution is 6.43. The molecule has 0 atom stereocenters. The number of halogens is 2. The summed E-state index contributed by atoms with van der Waals surface area (Å²) in [5.41, 5.74) is 5.49. The number of fused-ring (bicyclic) bond motifs is 2. The van der Waals surface area contributed by atoms with E-state index in [0.29, 0.717) is 16.5 Å². The molecule has 1 fully saturated rings. The summed E-state index contributed by atoms with van der Waals surface area (Å²) in [6.45, 7) is 4.26. The maximum atomic E-state index is 13.5. The van der Waals surface area contributed by atoms with Crippen LogP contribution in [0.1, 0.15) is 17.5 Å². The first kappa shape index (κ1) is 22.3. The van der Waals surface area contributed by atoms with Crippen molar-refractivity contribution in [3.8, 4) is 0 Å². The van der Waals surface area contributed by atoms with Gasteiger partial charge in [0.15, 0.2) is 0 Å². The molecule has 3 aromatic carbocycles. The lowest BCUT2D eigenvalue weighted by molar-refractivity contribution is -0.118. The smallest absolute Gasteiger partial charge is 0.232 e. The minimum atomic E-state index is 0.150. The largest absolute Gasteiger partial charge is 0.368 e. The Hall–Kier alpha value is -2.53. The first-order valence-electron chi connectivity index (χ1n) is 11.5. The van der Waals surface area contributed by atoms with Crippen LogP contribution in [-0.4, -0.2) is 43.5 Å². The monoisotopic (exact) mass is 479 g/mol. The molecule has 5 rings (SSSR count). The number of carbonyl (C=O) groups is 1. The van der Waals surface area contributed by atoms with Gasteiger partial charge in [-0.3, -0.25) is 14.6 Å². The van der Waals surface area contributed by atoms with Crippen molar-refractivity contribution in [1.82, 2.24) is 4.90 Å². The van der Waals surface area contributed by atoms with Crippen LogP contribution in [0.25, 0.3) is 0 Å². The molecule has 0 aromatic heterocycles. The maximum absolute atomic E-state index is 13.5. The molecular formula is C27H27Cl2N3O. The Kier molecular flexibility index (Phi) is 6.59. The lowest BCUT2D eigenvalue weighted by Gasteiger charge is -2.36. The van der Waals surface area contributed by atoms with Crippen LogP contribution in [0.5, 0.6) is 0 Å². The lowest BCUT2D eigenvalue weighted by atomic mass is 10.0. The second-order valence-corrected chi connectivity index (χ2v) is 9.42. The average Bonchev–Trinajstić information content (AvgIpc) is 3.02. The van der Waals surface area contributed by atoms with Crippen LogP contribution < -0.4 is 9.80 Å². The highest BCUT2D eigenvalue weighted by atomic mass is 35.5. The Balaban J connectivity index is 1.26. The molecule has 0 spiro atoms. The standard InChI is InChI=1S/C27H27Cl2N3O/c28-22-8-5-11-25(27(22)29)31-18-16-30(17-19-31)15-14-26(33)32-23-9-3-1-6-20(23)12-13-21-7-2-4-10-24(21)32/h1-11H,12-19H2. The quantitative estimate of drug-likeness (QED) is 0.461. The van der Waals surface area contributed by atoms with E-state index in [4.69, 9.17) is 23.2 Å². The van der Waals surface area contributed by atoms with Crippen LogP contribution in [0.3, 0.4) is 0 Å². The summed E-state index contributed by atoms with van der Waals surface area (Å²) >= 11 is 12.6. The van der Waals surface area contributed by atoms with Gasteiger partial charge in [-0.05, 0) is 48.2 Å². The molecule has 0 aliphatic carbocycles. The summed E-state index contributed by atoms with van der Waals surface area (Å²) in [6.07, 6.45) is 2.39. The fourth-order valence-electron chi connectivity index (χ4n) is 4.86. The number of nitrogens with zero attached hydrogens (tertiary/aromatic N) is 3. The SMILES string of the molecule is O=C(CCN1CCN(c2cccc(Cl)c2Cl)CC1)N1c2ccccc2CCc2ccccc21. The zero-order chi connectivity index (χ0) is 22.8. The van der Waals surface area contributed by atoms with Crippen molar-refractivity contribution in [2.45, 2.75) is 19.3 Å². The number of aryl methyl sites for hydroxylation is 2. The van der Waals surface area contributed by atoms with Crippen molar-refractivity contribution < 1.29 is 4.79 Å². The number of rotatable bonds is 4. The summed E-state index contributed by atoms with van der Waals surface area (Å²) in [4.78, 5) is 20.1. The average molecular weight is 480 g/mol. The van der Waals surface area contributed by atoms with E-state index in [1.807, 2.05) is 35.2 Å². The number of amides is 1. The summed E-state index contributed by atoms with van der Waals surface area (Å²) < 4.78 is 0. The second-order valence-electron chi connectivity index (χ2n) is 8.64. The summed E-state index contributed by atoms with van der Waals surface area (Å²) in [6, 6.07) is 22.4. The van der Waals surface area contributed by atoms with Crippen LogP contribution in [0.4, 0.5) is 17.1 Å². The van der Waals surface area contributed by atoms with Crippen molar-refractivity contribution in [2.24, 2.45) is 0 Å². The highest BCUT2D eigenvalue weighted by Gasteiger charge is 2.26. The van der Waals surface area contributed by atoms with Gasteiger partial charge in [0.1, 0.15) is 0 Å². The molecule has 1 amide bonds. The van der Waals surface area contributed by atoms with Gasteiger partial charge < -0.3 is 4.90 Å². The Morgan fingerprint density at radius 2 is 1.30 bits per heavy atom. The van der Waals surface area contributed by atoms with E-state index in [-0.39, 0.29) is 5.91 Å². The van der Waals surface area contributed by atoms with Crippen LogP contribution >= 0.6 is 23.2 Å². The van der Waals surface area contributed by atoms with E-state index in [0.717, 1.165) is 62.6 Å². The molecule has 33 heavy (non-hydrogen) atoms. The van der Waals surface area contributed by atoms with Crippen LogP contribution in [-0.2, 0) is 17.6 Å². The molecule has 0 saturated carbocycles. The van der Waals surface area contributed by atoms with Gasteiger partial charge in [0.25, 0.3) is 0 Å². The topological polar surface area (TPSA) is 26.8 Å². The van der Waals surface area contributed by atoms with E-state index >= 15 is 0 Å². The second kappa shape index (κ2) is 9.76. The molecule has 2 aliphatic rings. The maximum Gasteiger partial charge on any atom is 0.232 e. The van der Waals surface area contributed by atoms with E-state index in [2.05, 4.69) is 46.2 Å². The Morgan fingerprint density at radius 3 is 1.94 bits per heavy atom. The fourth-order valence-corrected chi connectivity index (χ4v) is 5.28. The first-order valence-corrected chi connectivity index (χ1v) is 12.3. The molecule has 0 unspecified atom stereocenters. The normalized spacial score (nSPS) is 16.2. The molecule has 170 valence electrons. The number of carbonyl (C=O) groups excluding carboxylic acids is 1.